The molecule has 6 heteroatoms. The van der Waals surface area contributed by atoms with Crippen molar-refractivity contribution < 1.29 is 19.8 Å². The van der Waals surface area contributed by atoms with Crippen molar-refractivity contribution in [3.63, 3.8) is 0 Å². The molecular formula is C24H21NO4S. The van der Waals surface area contributed by atoms with E-state index in [9.17, 15) is 19.8 Å². The van der Waals surface area contributed by atoms with Crippen LogP contribution in [0, 0.1) is 20.8 Å². The van der Waals surface area contributed by atoms with Gasteiger partial charge in [-0.2, -0.15) is 0 Å². The third kappa shape index (κ3) is 3.09. The molecule has 0 saturated carbocycles. The molecule has 4 rings (SSSR count). The van der Waals surface area contributed by atoms with Gasteiger partial charge in [-0.3, -0.25) is 14.5 Å². The van der Waals surface area contributed by atoms with Gasteiger partial charge in [-0.1, -0.05) is 29.8 Å². The van der Waals surface area contributed by atoms with E-state index in [-0.39, 0.29) is 22.8 Å². The molecule has 2 heterocycles. The van der Waals surface area contributed by atoms with Crippen molar-refractivity contribution in [1.29, 1.82) is 0 Å². The van der Waals surface area contributed by atoms with Gasteiger partial charge in [0.05, 0.1) is 11.3 Å². The molecule has 1 aliphatic heterocycles. The van der Waals surface area contributed by atoms with Gasteiger partial charge in [-0.15, -0.1) is 11.3 Å². The maximum Gasteiger partial charge on any atom is 0.300 e. The van der Waals surface area contributed by atoms with Crippen LogP contribution < -0.4 is 4.90 Å². The molecule has 1 fully saturated rings. The molecular weight excluding hydrogens is 398 g/mol. The van der Waals surface area contributed by atoms with Gasteiger partial charge >= 0.3 is 0 Å². The number of phenolic OH excluding ortho intramolecular Hbond substituents is 1. The first-order chi connectivity index (χ1) is 14.3. The highest BCUT2D eigenvalue weighted by Gasteiger charge is 2.48. The van der Waals surface area contributed by atoms with Crippen molar-refractivity contribution in [2.24, 2.45) is 0 Å². The second-order valence-electron chi connectivity index (χ2n) is 7.44. The molecule has 1 atom stereocenters. The van der Waals surface area contributed by atoms with E-state index in [1.165, 1.54) is 22.3 Å². The standard InChI is InChI=1S/C24H21NO4S/c1-13-8-9-14(2)16(12-13)21(27)19-20(23-15(3)10-11-30-23)25(24(29)22(19)28)17-6-4-5-7-18(17)26/h4-12,20,26-27H,1-3H3/b21-19+. The molecule has 1 aromatic heterocycles. The van der Waals surface area contributed by atoms with Gasteiger partial charge in [-0.25, -0.2) is 0 Å². The van der Waals surface area contributed by atoms with Gasteiger partial charge in [0.2, 0.25) is 0 Å². The number of aromatic hydroxyl groups is 1. The SMILES string of the molecule is Cc1ccc(C)c(/C(O)=C2\C(=O)C(=O)N(c3ccccc3O)C2c2sccc2C)c1. The lowest BCUT2D eigenvalue weighted by Gasteiger charge is -2.25. The summed E-state index contributed by atoms with van der Waals surface area (Å²) in [6.07, 6.45) is 0. The molecule has 1 amide bonds. The fourth-order valence-electron chi connectivity index (χ4n) is 3.80. The number of carbonyl (C=O) groups excluding carboxylic acids is 2. The number of hydrogen-bond acceptors (Lipinski definition) is 5. The fraction of sp³-hybridized carbons (Fsp3) is 0.167. The maximum absolute atomic E-state index is 13.1. The number of ketones is 1. The Hall–Kier alpha value is -3.38. The number of rotatable bonds is 3. The van der Waals surface area contributed by atoms with Gasteiger partial charge < -0.3 is 10.2 Å². The molecule has 0 radical (unpaired) electrons. The van der Waals surface area contributed by atoms with Crippen LogP contribution in [0.2, 0.25) is 0 Å². The summed E-state index contributed by atoms with van der Waals surface area (Å²) in [4.78, 5) is 28.3. The molecule has 3 aromatic rings. The number of nitrogens with zero attached hydrogens (tertiary/aromatic N) is 1. The number of thiophene rings is 1. The summed E-state index contributed by atoms with van der Waals surface area (Å²) in [6.45, 7) is 5.64. The van der Waals surface area contributed by atoms with Crippen molar-refractivity contribution in [1.82, 2.24) is 0 Å². The number of aliphatic hydroxyl groups is 1. The minimum Gasteiger partial charge on any atom is -0.507 e. The average molecular weight is 420 g/mol. The van der Waals surface area contributed by atoms with Gasteiger partial charge in [-0.05, 0) is 61.5 Å². The van der Waals surface area contributed by atoms with Crippen LogP contribution in [-0.4, -0.2) is 21.9 Å². The smallest absolute Gasteiger partial charge is 0.300 e. The van der Waals surface area contributed by atoms with Crippen LogP contribution in [0.4, 0.5) is 5.69 Å². The molecule has 0 bridgehead atoms. The number of phenols is 1. The van der Waals surface area contributed by atoms with Crippen molar-refractivity contribution in [2.75, 3.05) is 4.90 Å². The van der Waals surface area contributed by atoms with Crippen LogP contribution in [0.25, 0.3) is 5.76 Å². The van der Waals surface area contributed by atoms with E-state index in [0.29, 0.717) is 5.56 Å². The van der Waals surface area contributed by atoms with E-state index in [0.717, 1.165) is 21.6 Å². The summed E-state index contributed by atoms with van der Waals surface area (Å²) < 4.78 is 0. The Labute approximate surface area is 178 Å². The summed E-state index contributed by atoms with van der Waals surface area (Å²) in [5.74, 6) is -1.86. The highest BCUT2D eigenvalue weighted by Crippen LogP contribution is 2.46. The summed E-state index contributed by atoms with van der Waals surface area (Å²) in [6, 6.07) is 13.1. The van der Waals surface area contributed by atoms with Crippen molar-refractivity contribution in [2.45, 2.75) is 26.8 Å². The molecule has 152 valence electrons. The van der Waals surface area contributed by atoms with Crippen LogP contribution in [0.1, 0.15) is 33.2 Å². The van der Waals surface area contributed by atoms with Crippen molar-refractivity contribution >= 4 is 34.5 Å². The number of para-hydroxylation sites is 2. The second-order valence-corrected chi connectivity index (χ2v) is 8.39. The van der Waals surface area contributed by atoms with Gasteiger partial charge in [0, 0.05) is 10.4 Å². The second kappa shape index (κ2) is 7.46. The molecule has 1 aliphatic rings. The molecule has 2 aromatic carbocycles. The highest BCUT2D eigenvalue weighted by molar-refractivity contribution is 7.10. The lowest BCUT2D eigenvalue weighted by Crippen LogP contribution is -2.29. The molecule has 1 saturated heterocycles. The summed E-state index contributed by atoms with van der Waals surface area (Å²) in [5.41, 5.74) is 3.41. The molecule has 1 unspecified atom stereocenters. The largest absolute Gasteiger partial charge is 0.507 e. The Morgan fingerprint density at radius 2 is 1.73 bits per heavy atom. The number of carbonyl (C=O) groups is 2. The van der Waals surface area contributed by atoms with Crippen LogP contribution in [-0.2, 0) is 9.59 Å². The number of hydrogen-bond donors (Lipinski definition) is 2. The topological polar surface area (TPSA) is 77.8 Å². The molecule has 0 spiro atoms. The van der Waals surface area contributed by atoms with Crippen molar-refractivity contribution in [3.8, 4) is 5.75 Å². The maximum atomic E-state index is 13.1. The summed E-state index contributed by atoms with van der Waals surface area (Å²) in [5, 5.41) is 23.5. The quantitative estimate of drug-likeness (QED) is 0.356. The molecule has 30 heavy (non-hydrogen) atoms. The number of Topliss-reactive ketones (excluding diaryl/α,β-unsaturated/α-hetero) is 1. The Morgan fingerprint density at radius 1 is 1.00 bits per heavy atom. The Morgan fingerprint density at radius 3 is 2.40 bits per heavy atom. The zero-order valence-corrected chi connectivity index (χ0v) is 17.7. The predicted molar refractivity (Wildman–Crippen MR) is 118 cm³/mol. The van der Waals surface area contributed by atoms with E-state index >= 15 is 0 Å². The zero-order chi connectivity index (χ0) is 21.6. The lowest BCUT2D eigenvalue weighted by molar-refractivity contribution is -0.132. The minimum absolute atomic E-state index is 0.0301. The van der Waals surface area contributed by atoms with Gasteiger partial charge in [0.25, 0.3) is 11.7 Å². The first-order valence-electron chi connectivity index (χ1n) is 9.52. The molecule has 0 aliphatic carbocycles. The number of aryl methyl sites for hydroxylation is 3. The van der Waals surface area contributed by atoms with E-state index in [1.54, 1.807) is 24.3 Å². The van der Waals surface area contributed by atoms with Crippen molar-refractivity contribution in [3.05, 3.63) is 86.6 Å². The normalized spacial score (nSPS) is 18.2. The summed E-state index contributed by atoms with van der Waals surface area (Å²) >= 11 is 1.41. The zero-order valence-electron chi connectivity index (χ0n) is 16.8. The minimum atomic E-state index is -0.821. The fourth-order valence-corrected chi connectivity index (χ4v) is 4.82. The number of aliphatic hydroxyl groups excluding tert-OH is 1. The third-order valence-electron chi connectivity index (χ3n) is 5.38. The Kier molecular flexibility index (Phi) is 4.95. The Bertz CT molecular complexity index is 1210. The van der Waals surface area contributed by atoms with E-state index < -0.39 is 17.7 Å². The predicted octanol–water partition coefficient (Wildman–Crippen LogP) is 5.01. The third-order valence-corrected chi connectivity index (χ3v) is 6.46. The van der Waals surface area contributed by atoms with Gasteiger partial charge in [0.1, 0.15) is 17.6 Å². The number of benzene rings is 2. The van der Waals surface area contributed by atoms with E-state index in [2.05, 4.69) is 0 Å². The highest BCUT2D eigenvalue weighted by atomic mass is 32.1. The summed E-state index contributed by atoms with van der Waals surface area (Å²) in [7, 11) is 0. The van der Waals surface area contributed by atoms with Crippen LogP contribution in [0.3, 0.4) is 0 Å². The van der Waals surface area contributed by atoms with Gasteiger partial charge in [0.15, 0.2) is 0 Å². The molecule has 5 nitrogen and oxygen atoms in total. The first-order valence-corrected chi connectivity index (χ1v) is 10.4. The lowest BCUT2D eigenvalue weighted by atomic mass is 9.95. The monoisotopic (exact) mass is 419 g/mol. The van der Waals surface area contributed by atoms with Crippen LogP contribution in [0.5, 0.6) is 5.75 Å². The van der Waals surface area contributed by atoms with E-state index in [1.807, 2.05) is 44.4 Å². The Balaban J connectivity index is 2.01. The number of amides is 1. The number of anilines is 1. The first kappa shape index (κ1) is 19.9. The van der Waals surface area contributed by atoms with Crippen LogP contribution in [0.15, 0.2) is 59.5 Å². The molecule has 2 N–H and O–H groups in total. The average Bonchev–Trinajstić information content (AvgIpc) is 3.25. The van der Waals surface area contributed by atoms with E-state index in [4.69, 9.17) is 0 Å². The van der Waals surface area contributed by atoms with Crippen LogP contribution >= 0.6 is 11.3 Å².